The highest BCUT2D eigenvalue weighted by Crippen LogP contribution is 2.07. The third kappa shape index (κ3) is 10.9. The van der Waals surface area contributed by atoms with Gasteiger partial charge in [0.25, 0.3) is 0 Å². The van der Waals surface area contributed by atoms with E-state index in [0.29, 0.717) is 12.8 Å². The Bertz CT molecular complexity index is 426. The molecule has 2 unspecified atom stereocenters. The van der Waals surface area contributed by atoms with Crippen LogP contribution < -0.4 is 10.6 Å². The Kier molecular flexibility index (Phi) is 13.4. The predicted octanol–water partition coefficient (Wildman–Crippen LogP) is 3.17. The van der Waals surface area contributed by atoms with Crippen molar-refractivity contribution < 1.29 is 23.9 Å². The van der Waals surface area contributed by atoms with Crippen LogP contribution in [0.3, 0.4) is 0 Å². The highest BCUT2D eigenvalue weighted by molar-refractivity contribution is 5.89. The summed E-state index contributed by atoms with van der Waals surface area (Å²) in [6.45, 7) is 10.2. The zero-order valence-corrected chi connectivity index (χ0v) is 16.9. The summed E-state index contributed by atoms with van der Waals surface area (Å²) in [6, 6.07) is -1.42. The molecule has 0 rings (SSSR count). The molecule has 0 radical (unpaired) electrons. The van der Waals surface area contributed by atoms with Gasteiger partial charge >= 0.3 is 12.1 Å². The van der Waals surface area contributed by atoms with Gasteiger partial charge in [-0.3, -0.25) is 4.79 Å². The standard InChI is InChI=1S/C19H36N2O5/c1-6-9-11-15(21-19(24)26-13-14(4)5)17(22)20-16(12-10-7-2)18(23)25-8-3/h14-16H,6-13H2,1-5H3,(H,20,22)(H,21,24). The molecule has 152 valence electrons. The van der Waals surface area contributed by atoms with Gasteiger partial charge in [0.05, 0.1) is 13.2 Å². The molecule has 26 heavy (non-hydrogen) atoms. The van der Waals surface area contributed by atoms with Gasteiger partial charge in [0.2, 0.25) is 5.91 Å². The topological polar surface area (TPSA) is 93.7 Å². The summed E-state index contributed by atoms with van der Waals surface area (Å²) in [5.41, 5.74) is 0. The maximum atomic E-state index is 12.6. The quantitative estimate of drug-likeness (QED) is 0.484. The lowest BCUT2D eigenvalue weighted by atomic mass is 10.1. The van der Waals surface area contributed by atoms with Crippen molar-refractivity contribution in [3.8, 4) is 0 Å². The second-order valence-electron chi connectivity index (χ2n) is 6.79. The number of carbonyl (C=O) groups excluding carboxylic acids is 3. The minimum atomic E-state index is -0.729. The minimum Gasteiger partial charge on any atom is -0.464 e. The lowest BCUT2D eigenvalue weighted by Crippen LogP contribution is -2.52. The Morgan fingerprint density at radius 3 is 1.92 bits per heavy atom. The molecule has 0 heterocycles. The summed E-state index contributed by atoms with van der Waals surface area (Å²) in [6.07, 6.45) is 3.77. The van der Waals surface area contributed by atoms with E-state index in [1.807, 2.05) is 27.7 Å². The van der Waals surface area contributed by atoms with E-state index in [4.69, 9.17) is 9.47 Å². The zero-order valence-electron chi connectivity index (χ0n) is 16.9. The fourth-order valence-corrected chi connectivity index (χ4v) is 2.28. The molecule has 0 aliphatic rings. The summed E-state index contributed by atoms with van der Waals surface area (Å²) in [4.78, 5) is 36.6. The van der Waals surface area contributed by atoms with Gasteiger partial charge in [0.15, 0.2) is 0 Å². The number of amides is 2. The summed E-state index contributed by atoms with van der Waals surface area (Å²) in [5, 5.41) is 5.35. The first kappa shape index (κ1) is 24.2. The van der Waals surface area contributed by atoms with Crippen molar-refractivity contribution in [3.05, 3.63) is 0 Å². The lowest BCUT2D eigenvalue weighted by Gasteiger charge is -2.22. The van der Waals surface area contributed by atoms with Gasteiger partial charge in [0.1, 0.15) is 12.1 Å². The maximum absolute atomic E-state index is 12.6. The first-order chi connectivity index (χ1) is 12.3. The number of nitrogens with one attached hydrogen (secondary N) is 2. The number of hydrogen-bond acceptors (Lipinski definition) is 5. The largest absolute Gasteiger partial charge is 0.464 e. The van der Waals surface area contributed by atoms with E-state index in [9.17, 15) is 14.4 Å². The Labute approximate surface area is 157 Å². The van der Waals surface area contributed by atoms with Crippen LogP contribution in [0.5, 0.6) is 0 Å². The molecule has 0 saturated carbocycles. The molecule has 2 N–H and O–H groups in total. The molecule has 0 aliphatic carbocycles. The van der Waals surface area contributed by atoms with Gasteiger partial charge in [-0.05, 0) is 25.7 Å². The Hall–Kier alpha value is -1.79. The highest BCUT2D eigenvalue weighted by atomic mass is 16.5. The van der Waals surface area contributed by atoms with Crippen molar-refractivity contribution in [2.24, 2.45) is 5.92 Å². The van der Waals surface area contributed by atoms with Crippen LogP contribution in [0.15, 0.2) is 0 Å². The monoisotopic (exact) mass is 372 g/mol. The van der Waals surface area contributed by atoms with E-state index < -0.39 is 24.1 Å². The van der Waals surface area contributed by atoms with Gasteiger partial charge in [-0.15, -0.1) is 0 Å². The smallest absolute Gasteiger partial charge is 0.407 e. The van der Waals surface area contributed by atoms with Crippen molar-refractivity contribution in [1.82, 2.24) is 10.6 Å². The van der Waals surface area contributed by atoms with Crippen LogP contribution >= 0.6 is 0 Å². The third-order valence-electron chi connectivity index (χ3n) is 3.74. The molecule has 0 aromatic carbocycles. The molecule has 0 aliphatic heterocycles. The van der Waals surface area contributed by atoms with Crippen LogP contribution in [-0.2, 0) is 19.1 Å². The maximum Gasteiger partial charge on any atom is 0.407 e. The highest BCUT2D eigenvalue weighted by Gasteiger charge is 2.27. The second-order valence-corrected chi connectivity index (χ2v) is 6.79. The average molecular weight is 373 g/mol. The van der Waals surface area contributed by atoms with E-state index >= 15 is 0 Å². The molecular weight excluding hydrogens is 336 g/mol. The van der Waals surface area contributed by atoms with Crippen molar-refractivity contribution in [1.29, 1.82) is 0 Å². The van der Waals surface area contributed by atoms with E-state index in [1.165, 1.54) is 0 Å². The van der Waals surface area contributed by atoms with Gasteiger partial charge in [-0.25, -0.2) is 9.59 Å². The molecule has 2 amide bonds. The summed E-state index contributed by atoms with van der Waals surface area (Å²) >= 11 is 0. The van der Waals surface area contributed by atoms with Crippen LogP contribution in [0.1, 0.15) is 73.1 Å². The summed E-state index contributed by atoms with van der Waals surface area (Å²) in [5.74, 6) is -0.606. The van der Waals surface area contributed by atoms with Crippen LogP contribution in [-0.4, -0.2) is 43.3 Å². The zero-order chi connectivity index (χ0) is 19.9. The molecule has 0 aromatic heterocycles. The van der Waals surface area contributed by atoms with Crippen molar-refractivity contribution in [3.63, 3.8) is 0 Å². The molecule has 7 nitrogen and oxygen atoms in total. The van der Waals surface area contributed by atoms with Crippen LogP contribution in [0.25, 0.3) is 0 Å². The SMILES string of the molecule is CCCCC(NC(=O)OCC(C)C)C(=O)NC(CCCC)C(=O)OCC. The number of ether oxygens (including phenoxy) is 2. The molecule has 0 spiro atoms. The van der Waals surface area contributed by atoms with Gasteiger partial charge in [0, 0.05) is 0 Å². The Morgan fingerprint density at radius 1 is 0.846 bits per heavy atom. The number of carbonyl (C=O) groups is 3. The molecular formula is C19H36N2O5. The van der Waals surface area contributed by atoms with Crippen molar-refractivity contribution in [2.45, 2.75) is 85.2 Å². The third-order valence-corrected chi connectivity index (χ3v) is 3.74. The van der Waals surface area contributed by atoms with E-state index in [0.717, 1.165) is 25.7 Å². The molecule has 7 heteroatoms. The lowest BCUT2D eigenvalue weighted by molar-refractivity contribution is -0.147. The molecule has 0 aromatic rings. The summed E-state index contributed by atoms with van der Waals surface area (Å²) in [7, 11) is 0. The number of unbranched alkanes of at least 4 members (excludes halogenated alkanes) is 2. The second kappa shape index (κ2) is 14.4. The van der Waals surface area contributed by atoms with E-state index in [-0.39, 0.29) is 25.0 Å². The van der Waals surface area contributed by atoms with Crippen molar-refractivity contribution in [2.75, 3.05) is 13.2 Å². The normalized spacial score (nSPS) is 13.0. The Morgan fingerprint density at radius 2 is 1.42 bits per heavy atom. The molecule has 0 fully saturated rings. The molecule has 0 saturated heterocycles. The van der Waals surface area contributed by atoms with E-state index in [2.05, 4.69) is 10.6 Å². The van der Waals surface area contributed by atoms with Gasteiger partial charge in [-0.2, -0.15) is 0 Å². The van der Waals surface area contributed by atoms with Gasteiger partial charge < -0.3 is 20.1 Å². The Balaban J connectivity index is 4.88. The average Bonchev–Trinajstić information content (AvgIpc) is 2.60. The van der Waals surface area contributed by atoms with Crippen LogP contribution in [0.2, 0.25) is 0 Å². The van der Waals surface area contributed by atoms with Crippen molar-refractivity contribution >= 4 is 18.0 Å². The first-order valence-corrected chi connectivity index (χ1v) is 9.75. The predicted molar refractivity (Wildman–Crippen MR) is 101 cm³/mol. The molecule has 2 atom stereocenters. The number of esters is 1. The van der Waals surface area contributed by atoms with Gasteiger partial charge in [-0.1, -0.05) is 53.4 Å². The number of hydrogen-bond donors (Lipinski definition) is 2. The fourth-order valence-electron chi connectivity index (χ4n) is 2.28. The van der Waals surface area contributed by atoms with Crippen LogP contribution in [0.4, 0.5) is 4.79 Å². The van der Waals surface area contributed by atoms with E-state index in [1.54, 1.807) is 6.92 Å². The first-order valence-electron chi connectivity index (χ1n) is 9.75. The minimum absolute atomic E-state index is 0.214. The fraction of sp³-hybridized carbons (Fsp3) is 0.842. The van der Waals surface area contributed by atoms with Crippen LogP contribution in [0, 0.1) is 5.92 Å². The number of alkyl carbamates (subject to hydrolysis) is 1. The molecule has 0 bridgehead atoms. The summed E-state index contributed by atoms with van der Waals surface area (Å²) < 4.78 is 10.1. The number of rotatable bonds is 13.